The van der Waals surface area contributed by atoms with E-state index in [0.717, 1.165) is 50.0 Å². The van der Waals surface area contributed by atoms with Gasteiger partial charge in [-0.15, -0.1) is 0 Å². The molecule has 3 heterocycles. The number of hydrogen-bond acceptors (Lipinski definition) is 3. The monoisotopic (exact) mass is 312 g/mol. The lowest BCUT2D eigenvalue weighted by molar-refractivity contribution is 0.0471. The molecule has 1 spiro atoms. The van der Waals surface area contributed by atoms with Gasteiger partial charge in [-0.1, -0.05) is 11.6 Å². The van der Waals surface area contributed by atoms with E-state index < -0.39 is 0 Å². The van der Waals surface area contributed by atoms with Crippen LogP contribution in [-0.2, 0) is 0 Å². The lowest BCUT2D eigenvalue weighted by atomic mass is 9.71. The van der Waals surface area contributed by atoms with Crippen LogP contribution in [0, 0.1) is 12.3 Å². The number of carbonyl (C=O) groups is 1. The van der Waals surface area contributed by atoms with Crippen molar-refractivity contribution in [1.29, 1.82) is 0 Å². The first-order valence-corrected chi connectivity index (χ1v) is 8.66. The third-order valence-electron chi connectivity index (χ3n) is 5.66. The highest BCUT2D eigenvalue weighted by Gasteiger charge is 2.37. The van der Waals surface area contributed by atoms with Gasteiger partial charge in [-0.05, 0) is 69.3 Å². The first-order chi connectivity index (χ1) is 11.2. The molecule has 2 aliphatic rings. The van der Waals surface area contributed by atoms with Crippen LogP contribution in [0.4, 0.5) is 0 Å². The normalized spacial score (nSPS) is 21.0. The topological polar surface area (TPSA) is 45.5 Å². The molecule has 23 heavy (non-hydrogen) atoms. The van der Waals surface area contributed by atoms with E-state index in [1.807, 2.05) is 23.1 Å². The summed E-state index contributed by atoms with van der Waals surface area (Å²) in [6.07, 6.45) is 4.75. The second kappa shape index (κ2) is 5.68. The first-order valence-electron chi connectivity index (χ1n) is 8.66. The van der Waals surface area contributed by atoms with Crippen molar-refractivity contribution in [1.82, 2.24) is 10.2 Å². The molecule has 1 amide bonds. The Balaban J connectivity index is 1.48. The van der Waals surface area contributed by atoms with Crippen LogP contribution in [0.3, 0.4) is 0 Å². The Hall–Kier alpha value is -1.81. The van der Waals surface area contributed by atoms with Gasteiger partial charge in [-0.2, -0.15) is 0 Å². The van der Waals surface area contributed by atoms with Gasteiger partial charge in [0.25, 0.3) is 5.91 Å². The van der Waals surface area contributed by atoms with Gasteiger partial charge in [0.05, 0.1) is 0 Å². The van der Waals surface area contributed by atoms with Crippen molar-refractivity contribution in [2.45, 2.75) is 32.6 Å². The number of rotatable bonds is 1. The van der Waals surface area contributed by atoms with Crippen molar-refractivity contribution in [3.05, 3.63) is 35.6 Å². The first kappa shape index (κ1) is 14.8. The molecule has 2 aromatic rings. The molecule has 1 N–H and O–H groups in total. The van der Waals surface area contributed by atoms with Crippen LogP contribution in [0.1, 0.15) is 41.8 Å². The molecule has 4 rings (SSSR count). The number of hydrogen-bond donors (Lipinski definition) is 1. The molecule has 1 aromatic heterocycles. The van der Waals surface area contributed by atoms with Gasteiger partial charge in [-0.25, -0.2) is 0 Å². The number of benzene rings is 1. The molecule has 2 aliphatic heterocycles. The van der Waals surface area contributed by atoms with Crippen molar-refractivity contribution in [2.24, 2.45) is 5.41 Å². The maximum absolute atomic E-state index is 12.7. The van der Waals surface area contributed by atoms with E-state index >= 15 is 0 Å². The van der Waals surface area contributed by atoms with Crippen LogP contribution in [-0.4, -0.2) is 37.0 Å². The number of nitrogens with one attached hydrogen (secondary N) is 1. The van der Waals surface area contributed by atoms with Gasteiger partial charge < -0.3 is 14.6 Å². The fourth-order valence-electron chi connectivity index (χ4n) is 4.07. The molecule has 0 atom stereocenters. The van der Waals surface area contributed by atoms with Crippen molar-refractivity contribution < 1.29 is 9.21 Å². The fraction of sp³-hybridized carbons (Fsp3) is 0.526. The zero-order valence-corrected chi connectivity index (χ0v) is 13.7. The lowest BCUT2D eigenvalue weighted by Gasteiger charge is -2.44. The summed E-state index contributed by atoms with van der Waals surface area (Å²) in [6, 6.07) is 7.92. The molecule has 0 bridgehead atoms. The van der Waals surface area contributed by atoms with Crippen molar-refractivity contribution in [3.8, 4) is 0 Å². The van der Waals surface area contributed by atoms with Crippen LogP contribution in [0.2, 0.25) is 0 Å². The van der Waals surface area contributed by atoms with Crippen molar-refractivity contribution in [2.75, 3.05) is 26.2 Å². The number of aryl methyl sites for hydroxylation is 1. The minimum atomic E-state index is 0.0441. The van der Waals surface area contributed by atoms with Crippen LogP contribution in [0.15, 0.2) is 28.7 Å². The summed E-state index contributed by atoms with van der Waals surface area (Å²) in [7, 11) is 0. The van der Waals surface area contributed by atoms with E-state index in [1.165, 1.54) is 18.4 Å². The standard InChI is InChI=1S/C19H24N2O2/c1-14-2-3-16-15(12-14)13-17(23-16)18(22)21-10-6-19(7-11-21)4-8-20-9-5-19/h2-3,12-13,20H,4-11H2,1H3. The molecule has 2 fully saturated rings. The minimum Gasteiger partial charge on any atom is -0.451 e. The highest BCUT2D eigenvalue weighted by atomic mass is 16.3. The molecule has 0 unspecified atom stereocenters. The highest BCUT2D eigenvalue weighted by Crippen LogP contribution is 2.39. The summed E-state index contributed by atoms with van der Waals surface area (Å²) in [6.45, 7) is 6.01. The summed E-state index contributed by atoms with van der Waals surface area (Å²) in [5.41, 5.74) is 2.45. The predicted molar refractivity (Wildman–Crippen MR) is 90.6 cm³/mol. The predicted octanol–water partition coefficient (Wildman–Crippen LogP) is 3.35. The maximum Gasteiger partial charge on any atom is 0.289 e. The van der Waals surface area contributed by atoms with Gasteiger partial charge in [-0.3, -0.25) is 4.79 Å². The second-order valence-electron chi connectivity index (χ2n) is 7.19. The van der Waals surface area contributed by atoms with E-state index in [2.05, 4.69) is 18.3 Å². The molecule has 0 aliphatic carbocycles. The zero-order chi connectivity index (χ0) is 15.9. The molecule has 4 heteroatoms. The Bertz CT molecular complexity index is 718. The Labute approximate surface area is 136 Å². The number of carbonyl (C=O) groups excluding carboxylic acids is 1. The largest absolute Gasteiger partial charge is 0.451 e. The Morgan fingerprint density at radius 3 is 2.61 bits per heavy atom. The van der Waals surface area contributed by atoms with Gasteiger partial charge in [0, 0.05) is 18.5 Å². The maximum atomic E-state index is 12.7. The van der Waals surface area contributed by atoms with Crippen LogP contribution < -0.4 is 5.32 Å². The summed E-state index contributed by atoms with van der Waals surface area (Å²) in [4.78, 5) is 14.7. The summed E-state index contributed by atoms with van der Waals surface area (Å²) in [5, 5.41) is 4.45. The molecule has 1 aromatic carbocycles. The zero-order valence-electron chi connectivity index (χ0n) is 13.7. The number of amides is 1. The Kier molecular flexibility index (Phi) is 3.64. The Morgan fingerprint density at radius 2 is 1.87 bits per heavy atom. The van der Waals surface area contributed by atoms with E-state index in [4.69, 9.17) is 4.42 Å². The van der Waals surface area contributed by atoms with E-state index in [9.17, 15) is 4.79 Å². The SMILES string of the molecule is Cc1ccc2oc(C(=O)N3CCC4(CCNCC4)CC3)cc2c1. The second-order valence-corrected chi connectivity index (χ2v) is 7.19. The number of furan rings is 1. The molecular formula is C19H24N2O2. The number of likely N-dealkylation sites (tertiary alicyclic amines) is 1. The summed E-state index contributed by atoms with van der Waals surface area (Å²) >= 11 is 0. The quantitative estimate of drug-likeness (QED) is 0.878. The van der Waals surface area contributed by atoms with Gasteiger partial charge in [0.15, 0.2) is 5.76 Å². The van der Waals surface area contributed by atoms with Crippen LogP contribution >= 0.6 is 0 Å². The van der Waals surface area contributed by atoms with Gasteiger partial charge >= 0.3 is 0 Å². The lowest BCUT2D eigenvalue weighted by Crippen LogP contribution is -2.47. The van der Waals surface area contributed by atoms with Crippen molar-refractivity contribution in [3.63, 3.8) is 0 Å². The Morgan fingerprint density at radius 1 is 1.13 bits per heavy atom. The third kappa shape index (κ3) is 2.76. The fourth-order valence-corrected chi connectivity index (χ4v) is 4.07. The molecule has 122 valence electrons. The number of piperidine rings is 2. The molecule has 2 saturated heterocycles. The average Bonchev–Trinajstić information content (AvgIpc) is 2.99. The molecule has 4 nitrogen and oxygen atoms in total. The average molecular weight is 312 g/mol. The van der Waals surface area contributed by atoms with E-state index in [-0.39, 0.29) is 5.91 Å². The highest BCUT2D eigenvalue weighted by molar-refractivity contribution is 5.96. The van der Waals surface area contributed by atoms with Gasteiger partial charge in [0.2, 0.25) is 0 Å². The molecular weight excluding hydrogens is 288 g/mol. The summed E-state index contributed by atoms with van der Waals surface area (Å²) < 4.78 is 5.77. The number of fused-ring (bicyclic) bond motifs is 1. The smallest absolute Gasteiger partial charge is 0.289 e. The van der Waals surface area contributed by atoms with Crippen LogP contribution in [0.25, 0.3) is 11.0 Å². The molecule has 0 saturated carbocycles. The molecule has 0 radical (unpaired) electrons. The van der Waals surface area contributed by atoms with Gasteiger partial charge in [0.1, 0.15) is 5.58 Å². The third-order valence-corrected chi connectivity index (χ3v) is 5.66. The summed E-state index contributed by atoms with van der Waals surface area (Å²) in [5.74, 6) is 0.523. The minimum absolute atomic E-state index is 0.0441. The van der Waals surface area contributed by atoms with E-state index in [0.29, 0.717) is 11.2 Å². The van der Waals surface area contributed by atoms with E-state index in [1.54, 1.807) is 0 Å². The van der Waals surface area contributed by atoms with Crippen LogP contribution in [0.5, 0.6) is 0 Å². The van der Waals surface area contributed by atoms with Crippen molar-refractivity contribution >= 4 is 16.9 Å². The number of nitrogens with zero attached hydrogens (tertiary/aromatic N) is 1.